The first-order valence-corrected chi connectivity index (χ1v) is 10.4. The van der Waals surface area contributed by atoms with Gasteiger partial charge in [-0.1, -0.05) is 46.3 Å². The summed E-state index contributed by atoms with van der Waals surface area (Å²) in [7, 11) is 0. The van der Waals surface area contributed by atoms with Gasteiger partial charge in [0.15, 0.2) is 6.61 Å². The number of carbonyl (C=O) groups is 2. The summed E-state index contributed by atoms with van der Waals surface area (Å²) in [6.45, 7) is 1.99. The number of halogens is 2. The first kappa shape index (κ1) is 21.1. The Hall–Kier alpha value is -2.58. The molecule has 2 N–H and O–H groups in total. The lowest BCUT2D eigenvalue weighted by Crippen LogP contribution is -2.44. The maximum atomic E-state index is 12.4. The van der Waals surface area contributed by atoms with Gasteiger partial charge in [-0.05, 0) is 57.9 Å². The first-order valence-electron chi connectivity index (χ1n) is 8.81. The van der Waals surface area contributed by atoms with Crippen LogP contribution in [-0.2, 0) is 4.79 Å². The Kier molecular flexibility index (Phi) is 7.11. The highest BCUT2D eigenvalue weighted by molar-refractivity contribution is 9.11. The van der Waals surface area contributed by atoms with Gasteiger partial charge in [-0.2, -0.15) is 0 Å². The topological polar surface area (TPSA) is 76.7 Å². The zero-order valence-corrected chi connectivity index (χ0v) is 18.7. The van der Waals surface area contributed by atoms with E-state index < -0.39 is 11.8 Å². The van der Waals surface area contributed by atoms with E-state index in [4.69, 9.17) is 9.47 Å². The summed E-state index contributed by atoms with van der Waals surface area (Å²) in [6, 6.07) is 16.6. The van der Waals surface area contributed by atoms with E-state index in [9.17, 15) is 9.59 Å². The van der Waals surface area contributed by atoms with Crippen LogP contribution >= 0.6 is 31.9 Å². The number of amides is 2. The van der Waals surface area contributed by atoms with Crippen LogP contribution in [0.2, 0.25) is 0 Å². The van der Waals surface area contributed by atoms with Crippen LogP contribution in [0.4, 0.5) is 0 Å². The quantitative estimate of drug-likeness (QED) is 0.465. The number of rotatable bonds is 6. The van der Waals surface area contributed by atoms with Crippen molar-refractivity contribution in [3.63, 3.8) is 0 Å². The summed E-state index contributed by atoms with van der Waals surface area (Å²) in [6.07, 6.45) is 0. The fourth-order valence-corrected chi connectivity index (χ4v) is 3.63. The molecule has 0 aliphatic heterocycles. The summed E-state index contributed by atoms with van der Waals surface area (Å²) < 4.78 is 12.5. The second kappa shape index (κ2) is 9.76. The molecule has 6 nitrogen and oxygen atoms in total. The van der Waals surface area contributed by atoms with Crippen LogP contribution in [0.5, 0.6) is 11.5 Å². The average Bonchev–Trinajstić information content (AvgIpc) is 2.73. The fourth-order valence-electron chi connectivity index (χ4n) is 2.66. The lowest BCUT2D eigenvalue weighted by Gasteiger charge is -2.13. The van der Waals surface area contributed by atoms with Gasteiger partial charge in [0, 0.05) is 4.47 Å². The SMILES string of the molecule is CCOc1ccc(Br)cc1C(=O)NNC(=O)COc1ccc2ccccc2c1Br. The Morgan fingerprint density at radius 1 is 0.931 bits per heavy atom. The summed E-state index contributed by atoms with van der Waals surface area (Å²) >= 11 is 6.83. The van der Waals surface area contributed by atoms with E-state index in [0.717, 1.165) is 19.7 Å². The Bertz CT molecular complexity index is 1060. The van der Waals surface area contributed by atoms with Crippen LogP contribution in [0, 0.1) is 0 Å². The van der Waals surface area contributed by atoms with E-state index in [1.165, 1.54) is 0 Å². The van der Waals surface area contributed by atoms with Crippen molar-refractivity contribution >= 4 is 54.4 Å². The van der Waals surface area contributed by atoms with Crippen LogP contribution < -0.4 is 20.3 Å². The van der Waals surface area contributed by atoms with Gasteiger partial charge in [0.05, 0.1) is 16.6 Å². The Morgan fingerprint density at radius 3 is 2.48 bits per heavy atom. The lowest BCUT2D eigenvalue weighted by molar-refractivity contribution is -0.123. The number of hydrogen-bond donors (Lipinski definition) is 2. The molecular weight excluding hydrogens is 504 g/mol. The van der Waals surface area contributed by atoms with Gasteiger partial charge in [-0.25, -0.2) is 0 Å². The molecule has 3 rings (SSSR count). The molecular formula is C21H18Br2N2O4. The van der Waals surface area contributed by atoms with Crippen LogP contribution in [0.1, 0.15) is 17.3 Å². The molecule has 29 heavy (non-hydrogen) atoms. The molecule has 150 valence electrons. The van der Waals surface area contributed by atoms with Crippen molar-refractivity contribution in [2.24, 2.45) is 0 Å². The van der Waals surface area contributed by atoms with Crippen LogP contribution in [0.15, 0.2) is 63.5 Å². The standard InChI is InChI=1S/C21H18Br2N2O4/c1-2-28-17-10-8-14(22)11-16(17)21(27)25-24-19(26)12-29-18-9-7-13-5-3-4-6-15(13)20(18)23/h3-11H,2,12H2,1H3,(H,24,26)(H,25,27). The molecule has 8 heteroatoms. The molecule has 0 aliphatic rings. The number of benzene rings is 3. The van der Waals surface area contributed by atoms with Gasteiger partial charge in [-0.3, -0.25) is 20.4 Å². The van der Waals surface area contributed by atoms with E-state index in [1.54, 1.807) is 24.3 Å². The minimum Gasteiger partial charge on any atom is -0.493 e. The molecule has 0 saturated carbocycles. The van der Waals surface area contributed by atoms with Gasteiger partial charge >= 0.3 is 0 Å². The van der Waals surface area contributed by atoms with Crippen molar-refractivity contribution < 1.29 is 19.1 Å². The molecule has 0 radical (unpaired) electrons. The lowest BCUT2D eigenvalue weighted by atomic mass is 10.1. The molecule has 3 aromatic carbocycles. The molecule has 3 aromatic rings. The smallest absolute Gasteiger partial charge is 0.276 e. The highest BCUT2D eigenvalue weighted by atomic mass is 79.9. The fraction of sp³-hybridized carbons (Fsp3) is 0.143. The third kappa shape index (κ3) is 5.27. The van der Waals surface area contributed by atoms with Gasteiger partial charge < -0.3 is 9.47 Å². The van der Waals surface area contributed by atoms with E-state index in [-0.39, 0.29) is 6.61 Å². The van der Waals surface area contributed by atoms with Gasteiger partial charge in [-0.15, -0.1) is 0 Å². The van der Waals surface area contributed by atoms with Gasteiger partial charge in [0.25, 0.3) is 11.8 Å². The minimum absolute atomic E-state index is 0.256. The molecule has 0 spiro atoms. The van der Waals surface area contributed by atoms with Crippen molar-refractivity contribution in [1.82, 2.24) is 10.9 Å². The molecule has 0 aliphatic carbocycles. The summed E-state index contributed by atoms with van der Waals surface area (Å²) in [5, 5.41) is 2.04. The molecule has 2 amide bonds. The van der Waals surface area contributed by atoms with Crippen molar-refractivity contribution in [2.45, 2.75) is 6.92 Å². The number of hydrazine groups is 1. The third-order valence-corrected chi connectivity index (χ3v) is 5.30. The molecule has 0 unspecified atom stereocenters. The highest BCUT2D eigenvalue weighted by Gasteiger charge is 2.15. The number of hydrogen-bond acceptors (Lipinski definition) is 4. The van der Waals surface area contributed by atoms with Crippen molar-refractivity contribution in [3.05, 3.63) is 69.1 Å². The highest BCUT2D eigenvalue weighted by Crippen LogP contribution is 2.33. The van der Waals surface area contributed by atoms with Crippen LogP contribution in [0.25, 0.3) is 10.8 Å². The largest absolute Gasteiger partial charge is 0.493 e. The first-order chi connectivity index (χ1) is 14.0. The van der Waals surface area contributed by atoms with E-state index in [0.29, 0.717) is 23.7 Å². The van der Waals surface area contributed by atoms with Gasteiger partial charge in [0.2, 0.25) is 0 Å². The molecule has 0 aromatic heterocycles. The summed E-state index contributed by atoms with van der Waals surface area (Å²) in [5.74, 6) is -0.0176. The molecule has 0 atom stereocenters. The Labute approximate surface area is 184 Å². The second-order valence-corrected chi connectivity index (χ2v) is 7.67. The maximum Gasteiger partial charge on any atom is 0.276 e. The van der Waals surface area contributed by atoms with Crippen molar-refractivity contribution in [1.29, 1.82) is 0 Å². The number of fused-ring (bicyclic) bond motifs is 1. The number of ether oxygens (including phenoxy) is 2. The van der Waals surface area contributed by atoms with Crippen LogP contribution in [-0.4, -0.2) is 25.0 Å². The minimum atomic E-state index is -0.494. The summed E-state index contributed by atoms with van der Waals surface area (Å²) in [5.41, 5.74) is 5.03. The average molecular weight is 522 g/mol. The molecule has 0 heterocycles. The molecule has 0 saturated heterocycles. The van der Waals surface area contributed by atoms with Gasteiger partial charge in [0.1, 0.15) is 11.5 Å². The Balaban J connectivity index is 1.59. The van der Waals surface area contributed by atoms with E-state index >= 15 is 0 Å². The molecule has 0 fully saturated rings. The summed E-state index contributed by atoms with van der Waals surface area (Å²) in [4.78, 5) is 24.5. The maximum absolute atomic E-state index is 12.4. The van der Waals surface area contributed by atoms with E-state index in [2.05, 4.69) is 42.7 Å². The predicted octanol–water partition coefficient (Wildman–Crippen LogP) is 4.60. The van der Waals surface area contributed by atoms with Crippen molar-refractivity contribution in [3.8, 4) is 11.5 Å². The normalized spacial score (nSPS) is 10.4. The monoisotopic (exact) mass is 520 g/mol. The second-order valence-electron chi connectivity index (χ2n) is 5.96. The van der Waals surface area contributed by atoms with Crippen molar-refractivity contribution in [2.75, 3.05) is 13.2 Å². The zero-order valence-electron chi connectivity index (χ0n) is 15.5. The third-order valence-electron chi connectivity index (χ3n) is 3.99. The Morgan fingerprint density at radius 2 is 1.69 bits per heavy atom. The number of carbonyl (C=O) groups excluding carboxylic acids is 2. The zero-order chi connectivity index (χ0) is 20.8. The predicted molar refractivity (Wildman–Crippen MR) is 118 cm³/mol. The molecule has 0 bridgehead atoms. The van der Waals surface area contributed by atoms with Crippen LogP contribution in [0.3, 0.4) is 0 Å². The number of nitrogens with one attached hydrogen (secondary N) is 2. The van der Waals surface area contributed by atoms with E-state index in [1.807, 2.05) is 37.3 Å².